The Morgan fingerprint density at radius 3 is 2.00 bits per heavy atom. The van der Waals surface area contributed by atoms with Crippen molar-refractivity contribution >= 4 is 0 Å². The van der Waals surface area contributed by atoms with Crippen molar-refractivity contribution in [2.45, 2.75) is 33.2 Å². The molecule has 55 valence electrons. The SMILES string of the molecule is C[C](O)CNC(C)(C)C. The van der Waals surface area contributed by atoms with Crippen molar-refractivity contribution in [1.29, 1.82) is 0 Å². The van der Waals surface area contributed by atoms with Crippen LogP contribution in [0, 0.1) is 6.10 Å². The molecule has 2 heteroatoms. The molecule has 0 saturated carbocycles. The van der Waals surface area contributed by atoms with Gasteiger partial charge in [-0.1, -0.05) is 0 Å². The van der Waals surface area contributed by atoms with E-state index >= 15 is 0 Å². The van der Waals surface area contributed by atoms with Crippen LogP contribution >= 0.6 is 0 Å². The molecule has 0 unspecified atom stereocenters. The number of hydrogen-bond donors (Lipinski definition) is 2. The standard InChI is InChI=1S/C7H16NO/c1-6(9)5-8-7(2,3)4/h8-9H,5H2,1-4H3. The lowest BCUT2D eigenvalue weighted by Crippen LogP contribution is -2.38. The Labute approximate surface area is 57.3 Å². The zero-order valence-corrected chi connectivity index (χ0v) is 6.65. The summed E-state index contributed by atoms with van der Waals surface area (Å²) in [6, 6.07) is 0. The van der Waals surface area contributed by atoms with E-state index in [0.717, 1.165) is 0 Å². The van der Waals surface area contributed by atoms with Gasteiger partial charge in [-0.3, -0.25) is 0 Å². The third kappa shape index (κ3) is 7.92. The molecule has 1 radical (unpaired) electrons. The molecule has 0 atom stereocenters. The molecular weight excluding hydrogens is 114 g/mol. The van der Waals surface area contributed by atoms with E-state index in [1.165, 1.54) is 0 Å². The van der Waals surface area contributed by atoms with Gasteiger partial charge in [0.25, 0.3) is 0 Å². The molecule has 0 spiro atoms. The number of aliphatic hydroxyl groups excluding tert-OH is 1. The third-order valence-corrected chi connectivity index (χ3v) is 0.875. The maximum atomic E-state index is 8.77. The van der Waals surface area contributed by atoms with Crippen LogP contribution in [-0.2, 0) is 0 Å². The van der Waals surface area contributed by atoms with E-state index in [4.69, 9.17) is 5.11 Å². The van der Waals surface area contributed by atoms with E-state index in [2.05, 4.69) is 26.1 Å². The Hall–Kier alpha value is -0.0800. The van der Waals surface area contributed by atoms with Crippen LogP contribution in [-0.4, -0.2) is 17.2 Å². The van der Waals surface area contributed by atoms with E-state index in [1.54, 1.807) is 6.92 Å². The topological polar surface area (TPSA) is 32.3 Å². The third-order valence-electron chi connectivity index (χ3n) is 0.875. The van der Waals surface area contributed by atoms with Crippen molar-refractivity contribution in [3.05, 3.63) is 6.10 Å². The van der Waals surface area contributed by atoms with Gasteiger partial charge in [-0.15, -0.1) is 0 Å². The fourth-order valence-electron chi connectivity index (χ4n) is 0.393. The monoisotopic (exact) mass is 130 g/mol. The zero-order chi connectivity index (χ0) is 7.49. The van der Waals surface area contributed by atoms with Gasteiger partial charge in [0.1, 0.15) is 6.10 Å². The molecule has 0 aliphatic heterocycles. The molecule has 0 aromatic rings. The lowest BCUT2D eigenvalue weighted by molar-refractivity contribution is 0.279. The predicted octanol–water partition coefficient (Wildman–Crippen LogP) is 1.30. The second kappa shape index (κ2) is 3.18. The van der Waals surface area contributed by atoms with Gasteiger partial charge in [0.15, 0.2) is 0 Å². The highest BCUT2D eigenvalue weighted by Gasteiger charge is 2.08. The fourth-order valence-corrected chi connectivity index (χ4v) is 0.393. The zero-order valence-electron chi connectivity index (χ0n) is 6.65. The molecule has 2 N–H and O–H groups in total. The molecular formula is C7H16NO. The van der Waals surface area contributed by atoms with Gasteiger partial charge in [-0.05, 0) is 27.7 Å². The summed E-state index contributed by atoms with van der Waals surface area (Å²) >= 11 is 0. The van der Waals surface area contributed by atoms with E-state index in [-0.39, 0.29) is 5.54 Å². The van der Waals surface area contributed by atoms with Gasteiger partial charge in [0.2, 0.25) is 0 Å². The molecule has 0 heterocycles. The first kappa shape index (κ1) is 8.92. The minimum atomic E-state index is 0.101. The maximum absolute atomic E-state index is 8.77. The largest absolute Gasteiger partial charge is 0.386 e. The van der Waals surface area contributed by atoms with Crippen LogP contribution in [0.1, 0.15) is 27.7 Å². The summed E-state index contributed by atoms with van der Waals surface area (Å²) < 4.78 is 0. The predicted molar refractivity (Wildman–Crippen MR) is 38.6 cm³/mol. The summed E-state index contributed by atoms with van der Waals surface area (Å²) in [5.41, 5.74) is 0.101. The van der Waals surface area contributed by atoms with Crippen LogP contribution in [0.4, 0.5) is 0 Å². The highest BCUT2D eigenvalue weighted by molar-refractivity contribution is 4.78. The van der Waals surface area contributed by atoms with Crippen molar-refractivity contribution in [2.75, 3.05) is 6.54 Å². The van der Waals surface area contributed by atoms with Crippen LogP contribution in [0.2, 0.25) is 0 Å². The first-order chi connectivity index (χ1) is 3.92. The van der Waals surface area contributed by atoms with Crippen molar-refractivity contribution in [1.82, 2.24) is 5.32 Å². The maximum Gasteiger partial charge on any atom is 0.104 e. The van der Waals surface area contributed by atoms with Crippen LogP contribution < -0.4 is 5.32 Å². The highest BCUT2D eigenvalue weighted by Crippen LogP contribution is 1.99. The average Bonchev–Trinajstić information content (AvgIpc) is 1.59. The van der Waals surface area contributed by atoms with Crippen LogP contribution in [0.15, 0.2) is 0 Å². The summed E-state index contributed by atoms with van der Waals surface area (Å²) in [5.74, 6) is 0. The second-order valence-corrected chi connectivity index (χ2v) is 3.34. The van der Waals surface area contributed by atoms with Crippen LogP contribution in [0.25, 0.3) is 0 Å². The normalized spacial score (nSPS) is 12.7. The van der Waals surface area contributed by atoms with Crippen molar-refractivity contribution in [3.63, 3.8) is 0 Å². The Balaban J connectivity index is 3.28. The van der Waals surface area contributed by atoms with Crippen molar-refractivity contribution in [3.8, 4) is 0 Å². The first-order valence-electron chi connectivity index (χ1n) is 3.18. The molecule has 0 bridgehead atoms. The van der Waals surface area contributed by atoms with E-state index in [1.807, 2.05) is 0 Å². The highest BCUT2D eigenvalue weighted by atomic mass is 16.3. The van der Waals surface area contributed by atoms with Gasteiger partial charge >= 0.3 is 0 Å². The number of hydrogen-bond acceptors (Lipinski definition) is 2. The molecule has 0 saturated heterocycles. The van der Waals surface area contributed by atoms with Crippen molar-refractivity contribution < 1.29 is 5.11 Å². The van der Waals surface area contributed by atoms with Gasteiger partial charge in [-0.2, -0.15) is 0 Å². The van der Waals surface area contributed by atoms with Gasteiger partial charge in [0, 0.05) is 12.1 Å². The lowest BCUT2D eigenvalue weighted by Gasteiger charge is -2.20. The summed E-state index contributed by atoms with van der Waals surface area (Å²) in [5, 5.41) is 11.9. The van der Waals surface area contributed by atoms with Gasteiger partial charge in [-0.25, -0.2) is 0 Å². The summed E-state index contributed by atoms with van der Waals surface area (Å²) in [7, 11) is 0. The molecule has 0 fully saturated rings. The molecule has 0 aromatic carbocycles. The minimum absolute atomic E-state index is 0.101. The van der Waals surface area contributed by atoms with E-state index in [9.17, 15) is 0 Å². The van der Waals surface area contributed by atoms with Crippen molar-refractivity contribution in [2.24, 2.45) is 0 Å². The van der Waals surface area contributed by atoms with E-state index in [0.29, 0.717) is 12.6 Å². The quantitative estimate of drug-likeness (QED) is 0.590. The van der Waals surface area contributed by atoms with Gasteiger partial charge < -0.3 is 10.4 Å². The Bertz CT molecular complexity index is 73.5. The lowest BCUT2D eigenvalue weighted by atomic mass is 10.1. The number of rotatable bonds is 2. The number of aliphatic hydroxyl groups is 1. The molecule has 0 aromatic heterocycles. The Morgan fingerprint density at radius 2 is 1.89 bits per heavy atom. The number of nitrogens with one attached hydrogen (secondary N) is 1. The van der Waals surface area contributed by atoms with Crippen LogP contribution in [0.3, 0.4) is 0 Å². The smallest absolute Gasteiger partial charge is 0.104 e. The fraction of sp³-hybridized carbons (Fsp3) is 0.857. The summed E-state index contributed by atoms with van der Waals surface area (Å²) in [4.78, 5) is 0. The van der Waals surface area contributed by atoms with E-state index < -0.39 is 0 Å². The van der Waals surface area contributed by atoms with Crippen LogP contribution in [0.5, 0.6) is 0 Å². The minimum Gasteiger partial charge on any atom is -0.386 e. The van der Waals surface area contributed by atoms with Gasteiger partial charge in [0.05, 0.1) is 0 Å². The summed E-state index contributed by atoms with van der Waals surface area (Å²) in [6.45, 7) is 8.48. The Morgan fingerprint density at radius 1 is 1.44 bits per heavy atom. The molecule has 0 amide bonds. The average molecular weight is 130 g/mol. The molecule has 0 aliphatic carbocycles. The Kier molecular flexibility index (Phi) is 3.15. The summed E-state index contributed by atoms with van der Waals surface area (Å²) in [6.07, 6.45) is 0.435. The second-order valence-electron chi connectivity index (χ2n) is 3.34. The molecule has 9 heavy (non-hydrogen) atoms. The molecule has 2 nitrogen and oxygen atoms in total. The first-order valence-corrected chi connectivity index (χ1v) is 3.18. The molecule has 0 rings (SSSR count). The molecule has 0 aliphatic rings.